The Morgan fingerprint density at radius 3 is 2.46 bits per heavy atom. The Hall–Kier alpha value is -2.05. The number of ether oxygens (including phenoxy) is 1. The molecule has 1 aromatic rings. The first-order valence-corrected chi connectivity index (χ1v) is 9.12. The summed E-state index contributed by atoms with van der Waals surface area (Å²) in [5.74, 6) is -0.861. The summed E-state index contributed by atoms with van der Waals surface area (Å²) in [5, 5.41) is 9.11. The van der Waals surface area contributed by atoms with Crippen LogP contribution in [-0.4, -0.2) is 46.3 Å². The van der Waals surface area contributed by atoms with Crippen molar-refractivity contribution in [1.82, 2.24) is 10.0 Å². The highest BCUT2D eigenvalue weighted by Gasteiger charge is 2.65. The Kier molecular flexibility index (Phi) is 4.75. The quantitative estimate of drug-likeness (QED) is 0.752. The van der Waals surface area contributed by atoms with Gasteiger partial charge < -0.3 is 10.1 Å². The molecule has 2 aliphatic rings. The lowest BCUT2D eigenvalue weighted by atomic mass is 10.0. The van der Waals surface area contributed by atoms with Gasteiger partial charge in [-0.3, -0.25) is 4.79 Å². The van der Waals surface area contributed by atoms with Gasteiger partial charge in [0.15, 0.2) is 0 Å². The van der Waals surface area contributed by atoms with Gasteiger partial charge in [-0.2, -0.15) is 13.2 Å². The summed E-state index contributed by atoms with van der Waals surface area (Å²) in [6, 6.07) is 3.85. The van der Waals surface area contributed by atoms with Crippen LogP contribution in [0.1, 0.15) is 12.0 Å². The van der Waals surface area contributed by atoms with Crippen LogP contribution in [0.5, 0.6) is 0 Å². The fourth-order valence-corrected chi connectivity index (χ4v) is 3.48. The number of carbonyl (C=O) groups is 1. The van der Waals surface area contributed by atoms with Gasteiger partial charge >= 0.3 is 11.8 Å². The molecule has 0 aromatic heterocycles. The van der Waals surface area contributed by atoms with Crippen molar-refractivity contribution < 1.29 is 31.1 Å². The van der Waals surface area contributed by atoms with Crippen molar-refractivity contribution in [3.8, 4) is 0 Å². The Balaban J connectivity index is 1.63. The van der Waals surface area contributed by atoms with Gasteiger partial charge in [0.1, 0.15) is 6.61 Å². The summed E-state index contributed by atoms with van der Waals surface area (Å²) in [6.07, 6.45) is -4.14. The normalized spacial score (nSPS) is 21.6. The highest BCUT2D eigenvalue weighted by atomic mass is 32.2. The number of carbonyl (C=O) groups excluding carboxylic acids is 1. The molecular weight excluding hydrogens is 377 g/mol. The molecule has 12 heteroatoms. The number of hydrogen-bond acceptors (Lipinski definition) is 7. The number of amides is 1. The van der Waals surface area contributed by atoms with Gasteiger partial charge in [0.2, 0.25) is 0 Å². The van der Waals surface area contributed by atoms with Gasteiger partial charge in [-0.25, -0.2) is 13.1 Å². The fraction of sp³-hybridized carbons (Fsp3) is 0.500. The average Bonchev–Trinajstić information content (AvgIpc) is 3.23. The lowest BCUT2D eigenvalue weighted by Crippen LogP contribution is -2.35. The van der Waals surface area contributed by atoms with E-state index in [2.05, 4.69) is 15.5 Å². The Morgan fingerprint density at radius 1 is 1.31 bits per heavy atom. The number of sulfonamides is 1. The molecule has 142 valence electrons. The number of rotatable bonds is 6. The Morgan fingerprint density at radius 2 is 1.96 bits per heavy atom. The monoisotopic (exact) mass is 392 g/mol. The smallest absolute Gasteiger partial charge is 0.367 e. The second kappa shape index (κ2) is 6.59. The van der Waals surface area contributed by atoms with E-state index in [1.54, 1.807) is 0 Å². The summed E-state index contributed by atoms with van der Waals surface area (Å²) in [7, 11) is -4.22. The van der Waals surface area contributed by atoms with Gasteiger partial charge in [0.05, 0.1) is 11.0 Å². The molecule has 1 aromatic carbocycles. The minimum Gasteiger partial charge on any atom is -0.367 e. The summed E-state index contributed by atoms with van der Waals surface area (Å²) in [4.78, 5) is 11.4. The van der Waals surface area contributed by atoms with Crippen molar-refractivity contribution in [1.29, 1.82) is 0 Å². The molecule has 0 aliphatic carbocycles. The predicted molar refractivity (Wildman–Crippen MR) is 81.6 cm³/mol. The molecule has 1 amide bonds. The molecule has 8 nitrogen and oxygen atoms in total. The molecule has 3 rings (SSSR count). The van der Waals surface area contributed by atoms with Crippen LogP contribution in [0.15, 0.2) is 39.4 Å². The van der Waals surface area contributed by atoms with Gasteiger partial charge in [-0.15, -0.1) is 10.2 Å². The van der Waals surface area contributed by atoms with Crippen LogP contribution in [0, 0.1) is 0 Å². The van der Waals surface area contributed by atoms with E-state index in [9.17, 15) is 26.4 Å². The first kappa shape index (κ1) is 18.7. The second-order valence-electron chi connectivity index (χ2n) is 5.85. The fourth-order valence-electron chi connectivity index (χ4n) is 2.51. The molecule has 0 bridgehead atoms. The zero-order valence-electron chi connectivity index (χ0n) is 13.3. The third-order valence-electron chi connectivity index (χ3n) is 3.98. The lowest BCUT2D eigenvalue weighted by Gasteiger charge is -2.15. The minimum absolute atomic E-state index is 0.160. The number of hydrogen-bond donors (Lipinski definition) is 2. The number of alkyl halides is 3. The van der Waals surface area contributed by atoms with E-state index in [4.69, 9.17) is 4.74 Å². The van der Waals surface area contributed by atoms with E-state index in [1.807, 2.05) is 4.72 Å². The lowest BCUT2D eigenvalue weighted by molar-refractivity contribution is -0.166. The van der Waals surface area contributed by atoms with E-state index in [0.717, 1.165) is 37.2 Å². The zero-order valence-corrected chi connectivity index (χ0v) is 14.1. The van der Waals surface area contributed by atoms with Crippen LogP contribution >= 0.6 is 0 Å². The van der Waals surface area contributed by atoms with Crippen LogP contribution < -0.4 is 10.0 Å². The highest BCUT2D eigenvalue weighted by molar-refractivity contribution is 7.90. The first-order valence-electron chi connectivity index (χ1n) is 7.63. The number of benzene rings is 1. The number of halogens is 3. The summed E-state index contributed by atoms with van der Waals surface area (Å²) < 4.78 is 70.1. The Labute approximate surface area is 146 Å². The van der Waals surface area contributed by atoms with Crippen molar-refractivity contribution in [2.45, 2.75) is 29.3 Å². The molecular formula is C14H15F3N4O4S. The van der Waals surface area contributed by atoms with E-state index in [0.29, 0.717) is 6.54 Å². The van der Waals surface area contributed by atoms with Gasteiger partial charge in [0, 0.05) is 12.1 Å². The summed E-state index contributed by atoms with van der Waals surface area (Å²) in [5.41, 5.74) is -2.92. The summed E-state index contributed by atoms with van der Waals surface area (Å²) in [6.45, 7) is 0.909. The first-order chi connectivity index (χ1) is 12.1. The number of nitrogens with one attached hydrogen (secondary N) is 2. The zero-order chi connectivity index (χ0) is 19.0. The number of nitrogens with zero attached hydrogens (tertiary/aromatic N) is 2. The SMILES string of the molecule is O=C(CO[C@@H]1CCNC1)NS(=O)(=O)c1ccc(C2(C(F)(F)F)N=N2)cc1. The van der Waals surface area contributed by atoms with Crippen LogP contribution in [0.4, 0.5) is 13.2 Å². The molecule has 26 heavy (non-hydrogen) atoms. The van der Waals surface area contributed by atoms with Crippen LogP contribution in [0.2, 0.25) is 0 Å². The molecule has 2 N–H and O–H groups in total. The molecule has 1 atom stereocenters. The van der Waals surface area contributed by atoms with E-state index >= 15 is 0 Å². The van der Waals surface area contributed by atoms with E-state index < -0.39 is 34.4 Å². The third kappa shape index (κ3) is 3.71. The molecule has 0 saturated carbocycles. The average molecular weight is 392 g/mol. The van der Waals surface area contributed by atoms with Gasteiger partial charge in [0.25, 0.3) is 15.9 Å². The predicted octanol–water partition coefficient (Wildman–Crippen LogP) is 1.05. The maximum absolute atomic E-state index is 12.9. The van der Waals surface area contributed by atoms with Crippen molar-refractivity contribution in [2.75, 3.05) is 19.7 Å². The van der Waals surface area contributed by atoms with Crippen LogP contribution in [0.25, 0.3) is 0 Å². The standard InChI is InChI=1S/C14H15F3N4O4S/c15-14(16,17)13(20-21-13)9-1-3-11(4-2-9)26(23,24)19-12(22)8-25-10-5-6-18-7-10/h1-4,10,18H,5-8H2,(H,19,22)/t10-/m1/s1. The maximum Gasteiger partial charge on any atom is 0.442 e. The summed E-state index contributed by atoms with van der Waals surface area (Å²) >= 11 is 0. The molecule has 0 spiro atoms. The van der Waals surface area contributed by atoms with Gasteiger partial charge in [-0.05, 0) is 25.1 Å². The minimum atomic E-state index is -4.70. The van der Waals surface area contributed by atoms with Crippen molar-refractivity contribution in [3.63, 3.8) is 0 Å². The van der Waals surface area contributed by atoms with E-state index in [1.165, 1.54) is 0 Å². The van der Waals surface area contributed by atoms with Crippen molar-refractivity contribution in [2.24, 2.45) is 10.2 Å². The van der Waals surface area contributed by atoms with Crippen LogP contribution in [-0.2, 0) is 25.2 Å². The van der Waals surface area contributed by atoms with Gasteiger partial charge in [-0.1, -0.05) is 12.1 Å². The maximum atomic E-state index is 12.9. The van der Waals surface area contributed by atoms with Crippen LogP contribution in [0.3, 0.4) is 0 Å². The molecule has 0 radical (unpaired) electrons. The largest absolute Gasteiger partial charge is 0.442 e. The molecule has 1 fully saturated rings. The molecule has 2 aliphatic heterocycles. The van der Waals surface area contributed by atoms with E-state index in [-0.39, 0.29) is 16.6 Å². The molecule has 2 heterocycles. The van der Waals surface area contributed by atoms with Crippen molar-refractivity contribution in [3.05, 3.63) is 29.8 Å². The highest BCUT2D eigenvalue weighted by Crippen LogP contribution is 2.52. The third-order valence-corrected chi connectivity index (χ3v) is 5.37. The topological polar surface area (TPSA) is 109 Å². The molecule has 0 unspecified atom stereocenters. The van der Waals surface area contributed by atoms with Crippen molar-refractivity contribution >= 4 is 15.9 Å². The Bertz CT molecular complexity index is 812. The molecule has 1 saturated heterocycles. The second-order valence-corrected chi connectivity index (χ2v) is 7.53.